The summed E-state index contributed by atoms with van der Waals surface area (Å²) in [6.45, 7) is 2.78. The van der Waals surface area contributed by atoms with Crippen LogP contribution in [0.15, 0.2) is 42.5 Å². The number of carbonyl (C=O) groups excluding carboxylic acids is 4. The van der Waals surface area contributed by atoms with Crippen LogP contribution in [0.2, 0.25) is 0 Å². The van der Waals surface area contributed by atoms with Gasteiger partial charge in [-0.05, 0) is 35.7 Å². The van der Waals surface area contributed by atoms with E-state index in [9.17, 15) is 24.3 Å². The summed E-state index contributed by atoms with van der Waals surface area (Å²) in [4.78, 5) is 49.1. The van der Waals surface area contributed by atoms with Crippen molar-refractivity contribution in [3.63, 3.8) is 0 Å². The molecule has 6 N–H and O–H groups in total. The van der Waals surface area contributed by atoms with Gasteiger partial charge in [-0.1, -0.05) is 30.3 Å². The number of aromatic hydroxyl groups is 1. The fourth-order valence-electron chi connectivity index (χ4n) is 3.63. The van der Waals surface area contributed by atoms with Gasteiger partial charge in [0.1, 0.15) is 23.9 Å². The van der Waals surface area contributed by atoms with Gasteiger partial charge in [0.25, 0.3) is 0 Å². The third kappa shape index (κ3) is 5.42. The first-order valence-electron chi connectivity index (χ1n) is 10.2. The molecule has 9 nitrogen and oxygen atoms in total. The Labute approximate surface area is 185 Å². The molecule has 2 aromatic rings. The lowest BCUT2D eigenvalue weighted by Gasteiger charge is -2.22. The minimum Gasteiger partial charge on any atom is -0.507 e. The van der Waals surface area contributed by atoms with Gasteiger partial charge >= 0.3 is 0 Å². The maximum absolute atomic E-state index is 12.8. The number of amides is 4. The Morgan fingerprint density at radius 2 is 1.75 bits per heavy atom. The molecule has 0 fully saturated rings. The van der Waals surface area contributed by atoms with Crippen LogP contribution in [-0.2, 0) is 32.0 Å². The number of carbonyl (C=O) groups is 4. The molecule has 3 rings (SSSR count). The Hall–Kier alpha value is -3.88. The van der Waals surface area contributed by atoms with Crippen molar-refractivity contribution >= 4 is 23.6 Å². The van der Waals surface area contributed by atoms with Gasteiger partial charge in [-0.25, -0.2) is 0 Å². The highest BCUT2D eigenvalue weighted by atomic mass is 16.3. The maximum Gasteiger partial charge on any atom is 0.243 e. The van der Waals surface area contributed by atoms with Crippen molar-refractivity contribution in [2.45, 2.75) is 44.8 Å². The van der Waals surface area contributed by atoms with Gasteiger partial charge < -0.3 is 26.8 Å². The number of rotatable bonds is 2. The Bertz CT molecular complexity index is 1070. The molecule has 3 atom stereocenters. The van der Waals surface area contributed by atoms with E-state index < -0.39 is 41.8 Å². The lowest BCUT2D eigenvalue weighted by molar-refractivity contribution is -0.132. The van der Waals surface area contributed by atoms with Crippen LogP contribution in [0.5, 0.6) is 5.75 Å². The summed E-state index contributed by atoms with van der Waals surface area (Å²) >= 11 is 0. The topological polar surface area (TPSA) is 151 Å². The van der Waals surface area contributed by atoms with Crippen LogP contribution in [0, 0.1) is 0 Å². The molecule has 4 amide bonds. The van der Waals surface area contributed by atoms with E-state index in [0.717, 1.165) is 5.56 Å². The van der Waals surface area contributed by atoms with Crippen molar-refractivity contribution in [2.24, 2.45) is 5.73 Å². The van der Waals surface area contributed by atoms with Crippen molar-refractivity contribution in [3.05, 3.63) is 53.6 Å². The number of hydrogen-bond acceptors (Lipinski definition) is 5. The van der Waals surface area contributed by atoms with Crippen LogP contribution in [-0.4, -0.2) is 46.9 Å². The Kier molecular flexibility index (Phi) is 6.77. The van der Waals surface area contributed by atoms with Crippen LogP contribution in [0.4, 0.5) is 0 Å². The fourth-order valence-corrected chi connectivity index (χ4v) is 3.63. The van der Waals surface area contributed by atoms with Gasteiger partial charge in [-0.15, -0.1) is 0 Å². The van der Waals surface area contributed by atoms with E-state index in [4.69, 9.17) is 5.73 Å². The summed E-state index contributed by atoms with van der Waals surface area (Å²) in [6.07, 6.45) is 0.293. The fraction of sp³-hybridized carbons (Fsp3) is 0.304. The van der Waals surface area contributed by atoms with Crippen LogP contribution in [0.25, 0.3) is 11.1 Å². The lowest BCUT2D eigenvalue weighted by atomic mass is 9.95. The largest absolute Gasteiger partial charge is 0.507 e. The van der Waals surface area contributed by atoms with E-state index in [-0.39, 0.29) is 18.6 Å². The molecular weight excluding hydrogens is 412 g/mol. The summed E-state index contributed by atoms with van der Waals surface area (Å²) in [6, 6.07) is 9.23. The SMILES string of the molecule is CC(=O)N[C@H]1Cc2cccc(c2)-c2cc(ccc2O)C[C@@H](C(N)=O)NC(=O)[C@H](C)NC1=O. The maximum atomic E-state index is 12.8. The standard InChI is InChI=1S/C23H26N4O5/c1-12-22(31)27-18(21(24)30)10-15-6-7-20(29)17(9-15)16-5-3-4-14(8-16)11-19(23(32)25-12)26-13(2)28/h3-9,12,18-19,29H,10-11H2,1-2H3,(H2,24,30)(H,25,32)(H,26,28)(H,27,31)/t12-,18-,19-/m0/s1. The van der Waals surface area contributed by atoms with E-state index >= 15 is 0 Å². The number of phenolic OH excluding ortho intramolecular Hbond substituents is 1. The highest BCUT2D eigenvalue weighted by molar-refractivity contribution is 5.94. The van der Waals surface area contributed by atoms with E-state index in [1.165, 1.54) is 19.9 Å². The second-order valence-corrected chi connectivity index (χ2v) is 7.91. The van der Waals surface area contributed by atoms with Gasteiger partial charge in [0.15, 0.2) is 0 Å². The van der Waals surface area contributed by atoms with Crippen molar-refractivity contribution in [3.8, 4) is 16.9 Å². The highest BCUT2D eigenvalue weighted by Crippen LogP contribution is 2.31. The molecule has 0 spiro atoms. The van der Waals surface area contributed by atoms with Gasteiger partial charge in [-0.3, -0.25) is 19.2 Å². The quantitative estimate of drug-likeness (QED) is 0.452. The molecule has 0 radical (unpaired) electrons. The third-order valence-corrected chi connectivity index (χ3v) is 5.28. The molecule has 1 heterocycles. The number of nitrogens with one attached hydrogen (secondary N) is 3. The first kappa shape index (κ1) is 22.8. The molecular formula is C23H26N4O5. The summed E-state index contributed by atoms with van der Waals surface area (Å²) in [5.41, 5.74) is 8.16. The van der Waals surface area contributed by atoms with Crippen molar-refractivity contribution < 1.29 is 24.3 Å². The van der Waals surface area contributed by atoms with Crippen molar-refractivity contribution in [1.29, 1.82) is 0 Å². The average molecular weight is 438 g/mol. The molecule has 0 unspecified atom stereocenters. The normalized spacial score (nSPS) is 21.4. The van der Waals surface area contributed by atoms with Gasteiger partial charge in [-0.2, -0.15) is 0 Å². The van der Waals surface area contributed by atoms with Gasteiger partial charge in [0.05, 0.1) is 0 Å². The Morgan fingerprint density at radius 3 is 2.44 bits per heavy atom. The molecule has 0 saturated heterocycles. The first-order valence-corrected chi connectivity index (χ1v) is 10.2. The number of phenols is 1. The van der Waals surface area contributed by atoms with Crippen LogP contribution in [0.1, 0.15) is 25.0 Å². The molecule has 1 aliphatic heterocycles. The number of primary amides is 1. The molecule has 0 aliphatic carbocycles. The van der Waals surface area contributed by atoms with E-state index in [1.807, 2.05) is 18.2 Å². The summed E-state index contributed by atoms with van der Waals surface area (Å²) in [7, 11) is 0. The molecule has 0 aromatic heterocycles. The Balaban J connectivity index is 2.09. The zero-order valence-corrected chi connectivity index (χ0v) is 17.8. The van der Waals surface area contributed by atoms with Crippen LogP contribution < -0.4 is 21.7 Å². The molecule has 2 aromatic carbocycles. The first-order chi connectivity index (χ1) is 15.1. The summed E-state index contributed by atoms with van der Waals surface area (Å²) in [5, 5.41) is 18.2. The number of hydrogen-bond donors (Lipinski definition) is 5. The molecule has 168 valence electrons. The third-order valence-electron chi connectivity index (χ3n) is 5.28. The lowest BCUT2D eigenvalue weighted by Crippen LogP contribution is -2.56. The number of fused-ring (bicyclic) bond motifs is 5. The second-order valence-electron chi connectivity index (χ2n) is 7.91. The van der Waals surface area contributed by atoms with E-state index in [1.54, 1.807) is 18.2 Å². The van der Waals surface area contributed by atoms with Crippen molar-refractivity contribution in [1.82, 2.24) is 16.0 Å². The second kappa shape index (κ2) is 9.51. The minimum absolute atomic E-state index is 0.0413. The summed E-state index contributed by atoms with van der Waals surface area (Å²) < 4.78 is 0. The highest BCUT2D eigenvalue weighted by Gasteiger charge is 2.27. The number of nitrogens with two attached hydrogens (primary N) is 1. The monoisotopic (exact) mass is 438 g/mol. The van der Waals surface area contributed by atoms with Crippen LogP contribution >= 0.6 is 0 Å². The molecule has 9 heteroatoms. The zero-order chi connectivity index (χ0) is 23.4. The van der Waals surface area contributed by atoms with Crippen molar-refractivity contribution in [2.75, 3.05) is 0 Å². The minimum atomic E-state index is -1.01. The predicted molar refractivity (Wildman–Crippen MR) is 117 cm³/mol. The molecule has 32 heavy (non-hydrogen) atoms. The van der Waals surface area contributed by atoms with E-state index in [2.05, 4.69) is 16.0 Å². The average Bonchev–Trinajstić information content (AvgIpc) is 2.73. The molecule has 4 bridgehead atoms. The van der Waals surface area contributed by atoms with Gasteiger partial charge in [0.2, 0.25) is 23.6 Å². The van der Waals surface area contributed by atoms with E-state index in [0.29, 0.717) is 16.7 Å². The zero-order valence-electron chi connectivity index (χ0n) is 17.8. The van der Waals surface area contributed by atoms with Crippen LogP contribution in [0.3, 0.4) is 0 Å². The van der Waals surface area contributed by atoms with Gasteiger partial charge in [0, 0.05) is 25.3 Å². The molecule has 1 aliphatic rings. The smallest absolute Gasteiger partial charge is 0.243 e. The predicted octanol–water partition coefficient (Wildman–Crippen LogP) is 0.137. The summed E-state index contributed by atoms with van der Waals surface area (Å²) in [5.74, 6) is -2.20. The number of benzene rings is 2. The molecule has 0 saturated carbocycles. The Morgan fingerprint density at radius 1 is 1.03 bits per heavy atom.